The number of rotatable bonds is 6. The summed E-state index contributed by atoms with van der Waals surface area (Å²) >= 11 is 0. The molecule has 1 saturated heterocycles. The van der Waals surface area contributed by atoms with E-state index in [1.807, 2.05) is 30.9 Å². The van der Waals surface area contributed by atoms with Gasteiger partial charge in [0, 0.05) is 13.1 Å². The summed E-state index contributed by atoms with van der Waals surface area (Å²) < 4.78 is 19.4. The number of imide groups is 1. The van der Waals surface area contributed by atoms with E-state index in [4.69, 9.17) is 4.74 Å². The fourth-order valence-corrected chi connectivity index (χ4v) is 4.60. The number of aryl methyl sites for hydroxylation is 2. The summed E-state index contributed by atoms with van der Waals surface area (Å²) in [5.41, 5.74) is 3.54. The number of carbonyl (C=O) groups excluding carboxylic acids is 2. The lowest BCUT2D eigenvalue weighted by molar-refractivity contribution is -0.138. The molecule has 0 aromatic heterocycles. The van der Waals surface area contributed by atoms with Crippen LogP contribution in [0.3, 0.4) is 0 Å². The molecule has 1 fully saturated rings. The maximum Gasteiger partial charge on any atom is 0.277 e. The van der Waals surface area contributed by atoms with Gasteiger partial charge in [0.1, 0.15) is 23.9 Å². The van der Waals surface area contributed by atoms with E-state index >= 15 is 0 Å². The van der Waals surface area contributed by atoms with E-state index in [2.05, 4.69) is 13.0 Å². The zero-order valence-electron chi connectivity index (χ0n) is 18.9. The quantitative estimate of drug-likeness (QED) is 0.633. The van der Waals surface area contributed by atoms with Gasteiger partial charge < -0.3 is 9.64 Å². The molecule has 168 valence electrons. The number of hydrogen-bond donors (Lipinski definition) is 0. The van der Waals surface area contributed by atoms with Crippen LogP contribution in [0.4, 0.5) is 4.39 Å². The number of ether oxygens (including phenoxy) is 1. The Bertz CT molecular complexity index is 1040. The van der Waals surface area contributed by atoms with E-state index in [-0.39, 0.29) is 30.8 Å². The fourth-order valence-electron chi connectivity index (χ4n) is 4.60. The van der Waals surface area contributed by atoms with Gasteiger partial charge in [0.2, 0.25) is 0 Å². The SMILES string of the molecule is Cc1cc(C)cc(OCCN2C(=O)C(c3ccc(F)cc3)=C(N3CCCC(C)C3)C2=O)c1. The third-order valence-electron chi connectivity index (χ3n) is 6.03. The second-order valence-corrected chi connectivity index (χ2v) is 8.86. The van der Waals surface area contributed by atoms with Crippen LogP contribution in [0, 0.1) is 25.6 Å². The highest BCUT2D eigenvalue weighted by molar-refractivity contribution is 6.35. The van der Waals surface area contributed by atoms with E-state index in [0.717, 1.165) is 42.8 Å². The van der Waals surface area contributed by atoms with Crippen molar-refractivity contribution in [2.75, 3.05) is 26.2 Å². The number of halogens is 1. The standard InChI is InChI=1S/C26H29FN2O3/c1-17-5-4-10-28(16-17)24-23(20-6-8-21(27)9-7-20)25(30)29(26(24)31)11-12-32-22-14-18(2)13-19(3)15-22/h6-9,13-15,17H,4-5,10-12,16H2,1-3H3. The molecular formula is C26H29FN2O3. The molecule has 0 radical (unpaired) electrons. The van der Waals surface area contributed by atoms with Gasteiger partial charge in [0.25, 0.3) is 11.8 Å². The van der Waals surface area contributed by atoms with Gasteiger partial charge in [0.15, 0.2) is 0 Å². The first-order valence-corrected chi connectivity index (χ1v) is 11.2. The number of carbonyl (C=O) groups is 2. The summed E-state index contributed by atoms with van der Waals surface area (Å²) in [6, 6.07) is 11.7. The van der Waals surface area contributed by atoms with Crippen LogP contribution < -0.4 is 4.74 Å². The second-order valence-electron chi connectivity index (χ2n) is 8.86. The molecule has 0 spiro atoms. The zero-order chi connectivity index (χ0) is 22.8. The lowest BCUT2D eigenvalue weighted by Gasteiger charge is -2.33. The normalized spacial score (nSPS) is 19.2. The third kappa shape index (κ3) is 4.54. The Morgan fingerprint density at radius 1 is 1.03 bits per heavy atom. The van der Waals surface area contributed by atoms with Crippen molar-refractivity contribution in [3.05, 3.63) is 70.7 Å². The molecular weight excluding hydrogens is 407 g/mol. The predicted molar refractivity (Wildman–Crippen MR) is 121 cm³/mol. The van der Waals surface area contributed by atoms with Crippen LogP contribution >= 0.6 is 0 Å². The maximum absolute atomic E-state index is 13.5. The Balaban J connectivity index is 1.57. The first kappa shape index (κ1) is 22.1. The molecule has 2 aliphatic heterocycles. The van der Waals surface area contributed by atoms with Gasteiger partial charge in [-0.3, -0.25) is 14.5 Å². The molecule has 6 heteroatoms. The minimum absolute atomic E-state index is 0.155. The molecule has 0 bridgehead atoms. The topological polar surface area (TPSA) is 49.9 Å². The first-order chi connectivity index (χ1) is 15.3. The summed E-state index contributed by atoms with van der Waals surface area (Å²) in [5.74, 6) is 0.137. The van der Waals surface area contributed by atoms with Crippen molar-refractivity contribution < 1.29 is 18.7 Å². The van der Waals surface area contributed by atoms with Gasteiger partial charge in [0.05, 0.1) is 12.1 Å². The van der Waals surface area contributed by atoms with Gasteiger partial charge in [-0.15, -0.1) is 0 Å². The van der Waals surface area contributed by atoms with E-state index in [0.29, 0.717) is 22.8 Å². The van der Waals surface area contributed by atoms with Crippen molar-refractivity contribution in [1.82, 2.24) is 9.80 Å². The fraction of sp³-hybridized carbons (Fsp3) is 0.385. The highest BCUT2D eigenvalue weighted by Crippen LogP contribution is 2.34. The van der Waals surface area contributed by atoms with Crippen molar-refractivity contribution in [3.63, 3.8) is 0 Å². The molecule has 2 aromatic rings. The van der Waals surface area contributed by atoms with Crippen LogP contribution in [0.5, 0.6) is 5.75 Å². The molecule has 4 rings (SSSR count). The molecule has 2 amide bonds. The van der Waals surface area contributed by atoms with E-state index in [1.165, 1.54) is 17.0 Å². The first-order valence-electron chi connectivity index (χ1n) is 11.2. The molecule has 0 saturated carbocycles. The van der Waals surface area contributed by atoms with Crippen molar-refractivity contribution in [2.45, 2.75) is 33.6 Å². The smallest absolute Gasteiger partial charge is 0.277 e. The van der Waals surface area contributed by atoms with E-state index in [9.17, 15) is 14.0 Å². The summed E-state index contributed by atoms with van der Waals surface area (Å²) in [5, 5.41) is 0. The van der Waals surface area contributed by atoms with Crippen molar-refractivity contribution in [1.29, 1.82) is 0 Å². The molecule has 0 aliphatic carbocycles. The van der Waals surface area contributed by atoms with Gasteiger partial charge in [-0.2, -0.15) is 0 Å². The molecule has 32 heavy (non-hydrogen) atoms. The number of hydrogen-bond acceptors (Lipinski definition) is 4. The largest absolute Gasteiger partial charge is 0.492 e. The Morgan fingerprint density at radius 3 is 2.38 bits per heavy atom. The number of amides is 2. The van der Waals surface area contributed by atoms with Gasteiger partial charge in [-0.05, 0) is 73.6 Å². The Kier molecular flexibility index (Phi) is 6.31. The summed E-state index contributed by atoms with van der Waals surface area (Å²) in [6.45, 7) is 7.97. The van der Waals surface area contributed by atoms with Gasteiger partial charge in [-0.25, -0.2) is 4.39 Å². The maximum atomic E-state index is 13.5. The molecule has 1 atom stereocenters. The van der Waals surface area contributed by atoms with Crippen LogP contribution in [0.2, 0.25) is 0 Å². The monoisotopic (exact) mass is 436 g/mol. The lowest BCUT2D eigenvalue weighted by atomic mass is 9.98. The zero-order valence-corrected chi connectivity index (χ0v) is 18.9. The minimum Gasteiger partial charge on any atom is -0.492 e. The van der Waals surface area contributed by atoms with Crippen molar-refractivity contribution in [2.24, 2.45) is 5.92 Å². The lowest BCUT2D eigenvalue weighted by Crippen LogP contribution is -2.40. The summed E-state index contributed by atoms with van der Waals surface area (Å²) in [4.78, 5) is 30.0. The number of likely N-dealkylation sites (tertiary alicyclic amines) is 1. The van der Waals surface area contributed by atoms with Crippen LogP contribution in [0.1, 0.15) is 36.5 Å². The van der Waals surface area contributed by atoms with Crippen LogP contribution in [0.15, 0.2) is 48.2 Å². The van der Waals surface area contributed by atoms with E-state index in [1.54, 1.807) is 12.1 Å². The average Bonchev–Trinajstić information content (AvgIpc) is 2.98. The van der Waals surface area contributed by atoms with Crippen LogP contribution in [0.25, 0.3) is 5.57 Å². The van der Waals surface area contributed by atoms with Crippen molar-refractivity contribution >= 4 is 17.4 Å². The molecule has 5 nitrogen and oxygen atoms in total. The van der Waals surface area contributed by atoms with Crippen LogP contribution in [-0.2, 0) is 9.59 Å². The Morgan fingerprint density at radius 2 is 1.72 bits per heavy atom. The molecule has 0 N–H and O–H groups in total. The minimum atomic E-state index is -0.377. The molecule has 2 aliphatic rings. The highest BCUT2D eigenvalue weighted by Gasteiger charge is 2.42. The van der Waals surface area contributed by atoms with E-state index < -0.39 is 0 Å². The molecule has 2 heterocycles. The van der Waals surface area contributed by atoms with Gasteiger partial charge in [-0.1, -0.05) is 25.1 Å². The Hall–Kier alpha value is -3.15. The number of piperidine rings is 1. The van der Waals surface area contributed by atoms with Crippen LogP contribution in [-0.4, -0.2) is 47.9 Å². The summed E-state index contributed by atoms with van der Waals surface area (Å²) in [6.07, 6.45) is 2.07. The van der Waals surface area contributed by atoms with Gasteiger partial charge >= 0.3 is 0 Å². The number of nitrogens with zero attached hydrogens (tertiary/aromatic N) is 2. The molecule has 2 aromatic carbocycles. The summed E-state index contributed by atoms with van der Waals surface area (Å²) in [7, 11) is 0. The predicted octanol–water partition coefficient (Wildman–Crippen LogP) is 4.33. The Labute approximate surface area is 188 Å². The number of benzene rings is 2. The second kappa shape index (κ2) is 9.15. The average molecular weight is 437 g/mol. The highest BCUT2D eigenvalue weighted by atomic mass is 19.1. The van der Waals surface area contributed by atoms with Crippen molar-refractivity contribution in [3.8, 4) is 5.75 Å². The third-order valence-corrected chi connectivity index (χ3v) is 6.03. The molecule has 1 unspecified atom stereocenters.